The molecule has 2 heterocycles. The fourth-order valence-corrected chi connectivity index (χ4v) is 7.26. The number of fused-ring (bicyclic) bond motifs is 8. The summed E-state index contributed by atoms with van der Waals surface area (Å²) in [6.07, 6.45) is 0. The van der Waals surface area contributed by atoms with Gasteiger partial charge in [0.05, 0.1) is 22.2 Å². The van der Waals surface area contributed by atoms with Crippen molar-refractivity contribution in [2.45, 2.75) is 0 Å². The van der Waals surface area contributed by atoms with Crippen LogP contribution in [0.2, 0.25) is 0 Å². The van der Waals surface area contributed by atoms with Gasteiger partial charge >= 0.3 is 0 Å². The summed E-state index contributed by atoms with van der Waals surface area (Å²) in [5.41, 5.74) is 7.58. The molecular formula is C44H27N3. The van der Waals surface area contributed by atoms with Crippen LogP contribution >= 0.6 is 0 Å². The van der Waals surface area contributed by atoms with Crippen LogP contribution < -0.4 is 0 Å². The van der Waals surface area contributed by atoms with Crippen LogP contribution in [0.4, 0.5) is 0 Å². The van der Waals surface area contributed by atoms with Gasteiger partial charge in [-0.05, 0) is 63.3 Å². The predicted molar refractivity (Wildman–Crippen MR) is 197 cm³/mol. The van der Waals surface area contributed by atoms with Crippen LogP contribution in [-0.4, -0.2) is 14.5 Å². The molecule has 3 heteroatoms. The van der Waals surface area contributed by atoms with Crippen LogP contribution in [0.5, 0.6) is 0 Å². The average Bonchev–Trinajstić information content (AvgIpc) is 3.47. The molecule has 0 radical (unpaired) electrons. The van der Waals surface area contributed by atoms with E-state index < -0.39 is 0 Å². The van der Waals surface area contributed by atoms with Crippen molar-refractivity contribution >= 4 is 65.0 Å². The average molecular weight is 598 g/mol. The molecule has 47 heavy (non-hydrogen) atoms. The van der Waals surface area contributed by atoms with E-state index in [1.807, 2.05) is 18.2 Å². The zero-order valence-corrected chi connectivity index (χ0v) is 25.4. The highest BCUT2D eigenvalue weighted by Gasteiger charge is 2.17. The lowest BCUT2D eigenvalue weighted by Gasteiger charge is -2.12. The van der Waals surface area contributed by atoms with Crippen LogP contribution in [0.3, 0.4) is 0 Å². The maximum Gasteiger partial charge on any atom is 0.160 e. The standard InChI is InChI=1S/C44H27N3/c1-2-11-29(12-3-1)42-38-16-8-9-17-40(38)45-44(46-42)34-19-18-33-25-35(22-20-32(33)24-34)47-41-27-31-14-5-4-13-30(31)26-39(41)37-23-21-28-10-6-7-15-36(28)43(37)47/h1-27H. The molecule has 0 amide bonds. The molecule has 0 fully saturated rings. The monoisotopic (exact) mass is 597 g/mol. The van der Waals surface area contributed by atoms with Crippen LogP contribution in [-0.2, 0) is 0 Å². The molecule has 0 aliphatic carbocycles. The molecule has 0 saturated heterocycles. The van der Waals surface area contributed by atoms with Gasteiger partial charge in [-0.3, -0.25) is 0 Å². The van der Waals surface area contributed by atoms with E-state index >= 15 is 0 Å². The number of rotatable bonds is 3. The third kappa shape index (κ3) is 4.07. The van der Waals surface area contributed by atoms with E-state index in [9.17, 15) is 0 Å². The van der Waals surface area contributed by atoms with Gasteiger partial charge in [-0.25, -0.2) is 9.97 Å². The second kappa shape index (κ2) is 10.1. The van der Waals surface area contributed by atoms with Gasteiger partial charge in [0.2, 0.25) is 0 Å². The third-order valence-electron chi connectivity index (χ3n) is 9.51. The van der Waals surface area contributed by atoms with E-state index in [-0.39, 0.29) is 0 Å². The molecule has 10 rings (SSSR count). The molecule has 0 spiro atoms. The summed E-state index contributed by atoms with van der Waals surface area (Å²) in [4.78, 5) is 10.1. The first-order valence-corrected chi connectivity index (χ1v) is 16.0. The van der Waals surface area contributed by atoms with Crippen molar-refractivity contribution in [1.82, 2.24) is 14.5 Å². The summed E-state index contributed by atoms with van der Waals surface area (Å²) in [6, 6.07) is 58.6. The van der Waals surface area contributed by atoms with Gasteiger partial charge in [0.25, 0.3) is 0 Å². The zero-order valence-electron chi connectivity index (χ0n) is 25.4. The van der Waals surface area contributed by atoms with Gasteiger partial charge in [0.1, 0.15) is 0 Å². The fraction of sp³-hybridized carbons (Fsp3) is 0. The minimum absolute atomic E-state index is 0.731. The SMILES string of the molecule is c1ccc(-c2nc(-c3ccc4cc(-n5c6cc7ccccc7cc6c6ccc7ccccc7c65)ccc4c3)nc3ccccc23)cc1. The quantitative estimate of drug-likeness (QED) is 0.203. The number of hydrogen-bond donors (Lipinski definition) is 0. The maximum atomic E-state index is 5.11. The van der Waals surface area contributed by atoms with Crippen LogP contribution in [0, 0.1) is 0 Å². The van der Waals surface area contributed by atoms with Crippen molar-refractivity contribution in [3.8, 4) is 28.3 Å². The molecule has 10 aromatic rings. The summed E-state index contributed by atoms with van der Waals surface area (Å²) in [5.74, 6) is 0.731. The topological polar surface area (TPSA) is 30.7 Å². The lowest BCUT2D eigenvalue weighted by Crippen LogP contribution is -1.96. The van der Waals surface area contributed by atoms with Gasteiger partial charge in [-0.2, -0.15) is 0 Å². The molecule has 0 bridgehead atoms. The normalized spacial score (nSPS) is 11.8. The lowest BCUT2D eigenvalue weighted by atomic mass is 10.0. The molecule has 0 saturated carbocycles. The second-order valence-electron chi connectivity index (χ2n) is 12.3. The Balaban J connectivity index is 1.18. The fourth-order valence-electron chi connectivity index (χ4n) is 7.26. The summed E-state index contributed by atoms with van der Waals surface area (Å²) in [5, 5.41) is 10.9. The smallest absolute Gasteiger partial charge is 0.160 e. The maximum absolute atomic E-state index is 5.11. The molecule has 0 N–H and O–H groups in total. The highest BCUT2D eigenvalue weighted by atomic mass is 15.0. The Hall–Kier alpha value is -6.32. The Kier molecular flexibility index (Phi) is 5.57. The van der Waals surface area contributed by atoms with Gasteiger partial charge in [-0.1, -0.05) is 127 Å². The van der Waals surface area contributed by atoms with Crippen LogP contribution in [0.25, 0.3) is 93.4 Å². The van der Waals surface area contributed by atoms with Crippen molar-refractivity contribution in [3.63, 3.8) is 0 Å². The van der Waals surface area contributed by atoms with E-state index in [1.54, 1.807) is 0 Å². The number of benzene rings is 8. The molecule has 2 aromatic heterocycles. The molecule has 0 unspecified atom stereocenters. The van der Waals surface area contributed by atoms with Crippen molar-refractivity contribution in [2.75, 3.05) is 0 Å². The zero-order chi connectivity index (χ0) is 30.9. The summed E-state index contributed by atoms with van der Waals surface area (Å²) >= 11 is 0. The van der Waals surface area contributed by atoms with E-state index in [0.29, 0.717) is 0 Å². The van der Waals surface area contributed by atoms with Gasteiger partial charge < -0.3 is 4.57 Å². The Labute approximate surface area is 271 Å². The van der Waals surface area contributed by atoms with Crippen LogP contribution in [0.15, 0.2) is 164 Å². The minimum atomic E-state index is 0.731. The third-order valence-corrected chi connectivity index (χ3v) is 9.51. The first-order valence-electron chi connectivity index (χ1n) is 16.0. The highest BCUT2D eigenvalue weighted by Crippen LogP contribution is 2.39. The highest BCUT2D eigenvalue weighted by molar-refractivity contribution is 6.20. The molecule has 0 atom stereocenters. The van der Waals surface area contributed by atoms with Crippen molar-refractivity contribution in [2.24, 2.45) is 0 Å². The summed E-state index contributed by atoms with van der Waals surface area (Å²) < 4.78 is 2.45. The van der Waals surface area contributed by atoms with E-state index in [1.165, 1.54) is 48.7 Å². The van der Waals surface area contributed by atoms with Crippen molar-refractivity contribution in [1.29, 1.82) is 0 Å². The second-order valence-corrected chi connectivity index (χ2v) is 12.3. The first-order chi connectivity index (χ1) is 23.3. The molecule has 8 aromatic carbocycles. The minimum Gasteiger partial charge on any atom is -0.309 e. The molecule has 3 nitrogen and oxygen atoms in total. The Morgan fingerprint density at radius 2 is 1.04 bits per heavy atom. The summed E-state index contributed by atoms with van der Waals surface area (Å²) in [6.45, 7) is 0. The van der Waals surface area contributed by atoms with Crippen molar-refractivity contribution < 1.29 is 0 Å². The number of nitrogens with zero attached hydrogens (tertiary/aromatic N) is 3. The number of para-hydroxylation sites is 1. The van der Waals surface area contributed by atoms with E-state index in [2.05, 4.69) is 150 Å². The molecule has 0 aliphatic rings. The Morgan fingerprint density at radius 3 is 1.91 bits per heavy atom. The largest absolute Gasteiger partial charge is 0.309 e. The number of hydrogen-bond acceptors (Lipinski definition) is 2. The Morgan fingerprint density at radius 1 is 0.383 bits per heavy atom. The lowest BCUT2D eigenvalue weighted by molar-refractivity contribution is 1.19. The van der Waals surface area contributed by atoms with E-state index in [0.717, 1.165) is 44.6 Å². The van der Waals surface area contributed by atoms with Gasteiger partial charge in [-0.15, -0.1) is 0 Å². The molecule has 218 valence electrons. The molecule has 0 aliphatic heterocycles. The number of aromatic nitrogens is 3. The van der Waals surface area contributed by atoms with Crippen LogP contribution in [0.1, 0.15) is 0 Å². The predicted octanol–water partition coefficient (Wildman–Crippen LogP) is 11.5. The Bertz CT molecular complexity index is 2850. The van der Waals surface area contributed by atoms with Crippen molar-refractivity contribution in [3.05, 3.63) is 164 Å². The summed E-state index contributed by atoms with van der Waals surface area (Å²) in [7, 11) is 0. The van der Waals surface area contributed by atoms with Gasteiger partial charge in [0, 0.05) is 38.4 Å². The first kappa shape index (κ1) is 26.0. The molecular weight excluding hydrogens is 571 g/mol. The van der Waals surface area contributed by atoms with Gasteiger partial charge in [0.15, 0.2) is 5.82 Å². The van der Waals surface area contributed by atoms with E-state index in [4.69, 9.17) is 9.97 Å².